The first-order valence-electron chi connectivity index (χ1n) is 6.86. The quantitative estimate of drug-likeness (QED) is 0.794. The summed E-state index contributed by atoms with van der Waals surface area (Å²) in [7, 11) is -2.26. The average Bonchev–Trinajstić information content (AvgIpc) is 2.66. The summed E-state index contributed by atoms with van der Waals surface area (Å²) in [4.78, 5) is -0.298. The first kappa shape index (κ1) is 15.7. The van der Waals surface area contributed by atoms with Crippen LogP contribution in [0.15, 0.2) is 23.1 Å². The van der Waals surface area contributed by atoms with Crippen LogP contribution >= 0.6 is 11.6 Å². The van der Waals surface area contributed by atoms with Crippen molar-refractivity contribution in [2.24, 2.45) is 0 Å². The maximum Gasteiger partial charge on any atom is 0.245 e. The summed E-state index contributed by atoms with van der Waals surface area (Å²) in [5.74, 6) is -0.794. The molecule has 0 atom stereocenters. The van der Waals surface area contributed by atoms with Crippen LogP contribution in [0, 0.1) is 5.82 Å². The van der Waals surface area contributed by atoms with Gasteiger partial charge in [0.05, 0.1) is 0 Å². The SMILES string of the molecule is CN(C1CCCCCC1)S(=O)(=O)c1ccc(Cl)cc1F. The molecule has 0 N–H and O–H groups in total. The van der Waals surface area contributed by atoms with Gasteiger partial charge in [-0.3, -0.25) is 0 Å². The highest BCUT2D eigenvalue weighted by atomic mass is 35.5. The molecule has 1 fully saturated rings. The number of benzene rings is 1. The zero-order chi connectivity index (χ0) is 14.8. The molecule has 1 aromatic carbocycles. The molecule has 0 heterocycles. The molecule has 6 heteroatoms. The first-order valence-corrected chi connectivity index (χ1v) is 8.68. The Morgan fingerprint density at radius 3 is 2.35 bits per heavy atom. The van der Waals surface area contributed by atoms with Gasteiger partial charge in [-0.05, 0) is 31.0 Å². The average molecular weight is 320 g/mol. The monoisotopic (exact) mass is 319 g/mol. The maximum absolute atomic E-state index is 13.9. The number of sulfonamides is 1. The van der Waals surface area contributed by atoms with Crippen molar-refractivity contribution in [2.75, 3.05) is 7.05 Å². The second-order valence-electron chi connectivity index (χ2n) is 5.24. The minimum absolute atomic E-state index is 0.0439. The Morgan fingerprint density at radius 1 is 1.20 bits per heavy atom. The number of nitrogens with zero attached hydrogens (tertiary/aromatic N) is 1. The number of rotatable bonds is 3. The molecule has 1 aromatic rings. The molecule has 0 bridgehead atoms. The van der Waals surface area contributed by atoms with Crippen molar-refractivity contribution in [1.82, 2.24) is 4.31 Å². The molecular formula is C14H19ClFNO2S. The Balaban J connectivity index is 2.28. The Kier molecular flexibility index (Phi) is 5.04. The van der Waals surface area contributed by atoms with Crippen LogP contribution in [0.2, 0.25) is 5.02 Å². The summed E-state index contributed by atoms with van der Waals surface area (Å²) >= 11 is 5.67. The summed E-state index contributed by atoms with van der Waals surface area (Å²) in [5.41, 5.74) is 0. The van der Waals surface area contributed by atoms with Crippen LogP contribution in [-0.2, 0) is 10.0 Å². The Morgan fingerprint density at radius 2 is 1.80 bits per heavy atom. The maximum atomic E-state index is 13.9. The van der Waals surface area contributed by atoms with E-state index in [1.54, 1.807) is 7.05 Å². The van der Waals surface area contributed by atoms with E-state index < -0.39 is 15.8 Å². The molecule has 1 aliphatic rings. The second kappa shape index (κ2) is 6.41. The summed E-state index contributed by atoms with van der Waals surface area (Å²) in [6.07, 6.45) is 6.00. The van der Waals surface area contributed by atoms with E-state index in [1.165, 1.54) is 16.4 Å². The van der Waals surface area contributed by atoms with Gasteiger partial charge in [0.15, 0.2) is 0 Å². The van der Waals surface area contributed by atoms with Crippen molar-refractivity contribution in [2.45, 2.75) is 49.5 Å². The smallest absolute Gasteiger partial charge is 0.207 e. The van der Waals surface area contributed by atoms with Crippen LogP contribution in [0.25, 0.3) is 0 Å². The summed E-state index contributed by atoms with van der Waals surface area (Å²) in [5, 5.41) is 0.193. The van der Waals surface area contributed by atoms with E-state index in [4.69, 9.17) is 11.6 Å². The predicted molar refractivity (Wildman–Crippen MR) is 77.8 cm³/mol. The van der Waals surface area contributed by atoms with Crippen molar-refractivity contribution < 1.29 is 12.8 Å². The fourth-order valence-electron chi connectivity index (χ4n) is 2.66. The summed E-state index contributed by atoms with van der Waals surface area (Å²) in [6.45, 7) is 0. The summed E-state index contributed by atoms with van der Waals surface area (Å²) < 4.78 is 40.2. The van der Waals surface area contributed by atoms with Crippen LogP contribution in [-0.4, -0.2) is 25.8 Å². The second-order valence-corrected chi connectivity index (χ2v) is 7.64. The fourth-order valence-corrected chi connectivity index (χ4v) is 4.27. The van der Waals surface area contributed by atoms with E-state index in [0.29, 0.717) is 0 Å². The summed E-state index contributed by atoms with van der Waals surface area (Å²) in [6, 6.07) is 3.63. The van der Waals surface area contributed by atoms with Crippen molar-refractivity contribution in [3.05, 3.63) is 29.0 Å². The van der Waals surface area contributed by atoms with E-state index in [2.05, 4.69) is 0 Å². The lowest BCUT2D eigenvalue weighted by molar-refractivity contribution is 0.334. The zero-order valence-electron chi connectivity index (χ0n) is 11.5. The third kappa shape index (κ3) is 3.32. The minimum atomic E-state index is -3.80. The molecule has 20 heavy (non-hydrogen) atoms. The van der Waals surface area contributed by atoms with Gasteiger partial charge in [-0.15, -0.1) is 0 Å². The van der Waals surface area contributed by atoms with Gasteiger partial charge >= 0.3 is 0 Å². The normalized spacial score (nSPS) is 18.2. The Labute approximate surface area is 124 Å². The zero-order valence-corrected chi connectivity index (χ0v) is 13.1. The Hall–Kier alpha value is -0.650. The molecule has 2 rings (SSSR count). The van der Waals surface area contributed by atoms with Crippen LogP contribution in [0.5, 0.6) is 0 Å². The molecule has 1 aliphatic carbocycles. The van der Waals surface area contributed by atoms with E-state index in [1.807, 2.05) is 0 Å². The highest BCUT2D eigenvalue weighted by molar-refractivity contribution is 7.89. The molecule has 0 radical (unpaired) electrons. The Bertz CT molecular complexity index is 569. The molecule has 0 aliphatic heterocycles. The first-order chi connectivity index (χ1) is 9.43. The third-order valence-corrected chi connectivity index (χ3v) is 6.07. The van der Waals surface area contributed by atoms with Crippen LogP contribution in [0.3, 0.4) is 0 Å². The molecule has 1 saturated carbocycles. The standard InChI is InChI=1S/C14H19ClFNO2S/c1-17(12-6-4-2-3-5-7-12)20(18,19)14-9-8-11(15)10-13(14)16/h8-10,12H,2-7H2,1H3. The van der Waals surface area contributed by atoms with Crippen molar-refractivity contribution in [3.63, 3.8) is 0 Å². The highest BCUT2D eigenvalue weighted by Gasteiger charge is 2.30. The van der Waals surface area contributed by atoms with Gasteiger partial charge in [0.25, 0.3) is 0 Å². The molecule has 0 unspecified atom stereocenters. The largest absolute Gasteiger partial charge is 0.245 e. The van der Waals surface area contributed by atoms with Gasteiger partial charge in [0.1, 0.15) is 10.7 Å². The topological polar surface area (TPSA) is 37.4 Å². The number of halogens is 2. The molecule has 0 spiro atoms. The van der Waals surface area contributed by atoms with Gasteiger partial charge in [-0.2, -0.15) is 4.31 Å². The van der Waals surface area contributed by atoms with E-state index >= 15 is 0 Å². The molecule has 112 valence electrons. The minimum Gasteiger partial charge on any atom is -0.207 e. The van der Waals surface area contributed by atoms with Gasteiger partial charge in [-0.25, -0.2) is 12.8 Å². The van der Waals surface area contributed by atoms with Gasteiger partial charge < -0.3 is 0 Å². The fraction of sp³-hybridized carbons (Fsp3) is 0.571. The van der Waals surface area contributed by atoms with Crippen molar-refractivity contribution in [3.8, 4) is 0 Å². The van der Waals surface area contributed by atoms with Gasteiger partial charge in [0, 0.05) is 18.1 Å². The lowest BCUT2D eigenvalue weighted by Gasteiger charge is -2.26. The van der Waals surface area contributed by atoms with E-state index in [0.717, 1.165) is 44.6 Å². The molecule has 0 saturated heterocycles. The van der Waals surface area contributed by atoms with Gasteiger partial charge in [0.2, 0.25) is 10.0 Å². The van der Waals surface area contributed by atoms with Crippen molar-refractivity contribution >= 4 is 21.6 Å². The van der Waals surface area contributed by atoms with E-state index in [9.17, 15) is 12.8 Å². The van der Waals surface area contributed by atoms with Crippen molar-refractivity contribution in [1.29, 1.82) is 0 Å². The number of hydrogen-bond acceptors (Lipinski definition) is 2. The van der Waals surface area contributed by atoms with Crippen LogP contribution in [0.4, 0.5) is 4.39 Å². The molecule has 0 aromatic heterocycles. The third-order valence-electron chi connectivity index (χ3n) is 3.89. The lowest BCUT2D eigenvalue weighted by atomic mass is 10.1. The van der Waals surface area contributed by atoms with Crippen LogP contribution < -0.4 is 0 Å². The lowest BCUT2D eigenvalue weighted by Crippen LogP contribution is -2.37. The van der Waals surface area contributed by atoms with Crippen LogP contribution in [0.1, 0.15) is 38.5 Å². The highest BCUT2D eigenvalue weighted by Crippen LogP contribution is 2.27. The molecular weight excluding hydrogens is 301 g/mol. The molecule has 0 amide bonds. The predicted octanol–water partition coefficient (Wildman–Crippen LogP) is 3.82. The number of hydrogen-bond donors (Lipinski definition) is 0. The molecule has 3 nitrogen and oxygen atoms in total. The van der Waals surface area contributed by atoms with E-state index in [-0.39, 0.29) is 16.0 Å². The van der Waals surface area contributed by atoms with Gasteiger partial charge in [-0.1, -0.05) is 37.3 Å².